The molecule has 0 aromatic heterocycles. The van der Waals surface area contributed by atoms with Gasteiger partial charge in [0.05, 0.1) is 0 Å². The summed E-state index contributed by atoms with van der Waals surface area (Å²) in [6.07, 6.45) is 2.09. The van der Waals surface area contributed by atoms with Gasteiger partial charge in [-0.3, -0.25) is 9.59 Å². The van der Waals surface area contributed by atoms with Crippen LogP contribution in [0.2, 0.25) is 0 Å². The maximum atomic E-state index is 12.0. The number of hydrogen-bond acceptors (Lipinski definition) is 3. The third kappa shape index (κ3) is 6.08. The number of unbranched alkanes of at least 4 members (excludes halogenated alkanes) is 1. The number of hydrogen-bond donors (Lipinski definition) is 2. The Morgan fingerprint density at radius 3 is 2.32 bits per heavy atom. The molecule has 0 heterocycles. The highest BCUT2D eigenvalue weighted by Crippen LogP contribution is 2.08. The lowest BCUT2D eigenvalue weighted by molar-refractivity contribution is -0.142. The molecule has 0 aliphatic heterocycles. The summed E-state index contributed by atoms with van der Waals surface area (Å²) in [6, 6.07) is 6.28. The SMILES string of the molecule is CCCCC(NC(=O)CCC(=O)c1ccc(C)cc1)C(=O)O. The molecule has 0 saturated carbocycles. The van der Waals surface area contributed by atoms with Gasteiger partial charge in [-0.05, 0) is 13.3 Å². The number of benzene rings is 1. The van der Waals surface area contributed by atoms with Crippen LogP contribution in [-0.2, 0) is 9.59 Å². The second kappa shape index (κ2) is 8.97. The summed E-state index contributed by atoms with van der Waals surface area (Å²) < 4.78 is 0. The summed E-state index contributed by atoms with van der Waals surface area (Å²) in [5, 5.41) is 11.5. The van der Waals surface area contributed by atoms with E-state index in [0.717, 1.165) is 18.4 Å². The van der Waals surface area contributed by atoms with Crippen molar-refractivity contribution in [2.24, 2.45) is 0 Å². The van der Waals surface area contributed by atoms with Crippen LogP contribution in [0.15, 0.2) is 24.3 Å². The first kappa shape index (κ1) is 17.9. The van der Waals surface area contributed by atoms with Gasteiger partial charge in [-0.15, -0.1) is 0 Å². The van der Waals surface area contributed by atoms with Gasteiger partial charge in [0.25, 0.3) is 0 Å². The Kier molecular flexibility index (Phi) is 7.29. The van der Waals surface area contributed by atoms with Gasteiger partial charge in [0.1, 0.15) is 6.04 Å². The number of ketones is 1. The highest BCUT2D eigenvalue weighted by Gasteiger charge is 2.19. The topological polar surface area (TPSA) is 83.5 Å². The molecule has 120 valence electrons. The van der Waals surface area contributed by atoms with Gasteiger partial charge in [0.2, 0.25) is 5.91 Å². The van der Waals surface area contributed by atoms with E-state index in [1.165, 1.54) is 0 Å². The second-order valence-corrected chi connectivity index (χ2v) is 5.39. The van der Waals surface area contributed by atoms with Crippen LogP contribution in [0.1, 0.15) is 54.9 Å². The molecule has 0 aliphatic carbocycles. The van der Waals surface area contributed by atoms with Crippen molar-refractivity contribution in [1.82, 2.24) is 5.32 Å². The molecule has 22 heavy (non-hydrogen) atoms. The molecule has 1 rings (SSSR count). The molecule has 1 atom stereocenters. The molecule has 1 aromatic rings. The molecule has 0 saturated heterocycles. The molecular formula is C17H23NO4. The van der Waals surface area contributed by atoms with Crippen LogP contribution in [0, 0.1) is 6.92 Å². The number of Topliss-reactive ketones (excluding diaryl/α,β-unsaturated/α-hetero) is 1. The smallest absolute Gasteiger partial charge is 0.326 e. The number of aliphatic carboxylic acids is 1. The van der Waals surface area contributed by atoms with Gasteiger partial charge in [-0.2, -0.15) is 0 Å². The van der Waals surface area contributed by atoms with Gasteiger partial charge in [0.15, 0.2) is 5.78 Å². The van der Waals surface area contributed by atoms with Gasteiger partial charge in [0, 0.05) is 18.4 Å². The summed E-state index contributed by atoms with van der Waals surface area (Å²) in [5.41, 5.74) is 1.63. The Hall–Kier alpha value is -2.17. The number of rotatable bonds is 9. The summed E-state index contributed by atoms with van der Waals surface area (Å²) >= 11 is 0. The van der Waals surface area contributed by atoms with Crippen LogP contribution in [-0.4, -0.2) is 28.8 Å². The molecule has 1 aromatic carbocycles. The van der Waals surface area contributed by atoms with E-state index in [-0.39, 0.29) is 18.6 Å². The van der Waals surface area contributed by atoms with Gasteiger partial charge >= 0.3 is 5.97 Å². The average Bonchev–Trinajstić information content (AvgIpc) is 2.49. The number of carboxylic acid groups (broad SMARTS) is 1. The molecule has 1 amide bonds. The van der Waals surface area contributed by atoms with E-state index in [9.17, 15) is 14.4 Å². The predicted molar refractivity (Wildman–Crippen MR) is 83.8 cm³/mol. The fourth-order valence-corrected chi connectivity index (χ4v) is 2.04. The van der Waals surface area contributed by atoms with Crippen molar-refractivity contribution in [3.05, 3.63) is 35.4 Å². The fraction of sp³-hybridized carbons (Fsp3) is 0.471. The second-order valence-electron chi connectivity index (χ2n) is 5.39. The first-order chi connectivity index (χ1) is 10.4. The number of amides is 1. The van der Waals surface area contributed by atoms with Crippen molar-refractivity contribution < 1.29 is 19.5 Å². The minimum Gasteiger partial charge on any atom is -0.480 e. The van der Waals surface area contributed by atoms with Crippen molar-refractivity contribution in [1.29, 1.82) is 0 Å². The Morgan fingerprint density at radius 2 is 1.77 bits per heavy atom. The van der Waals surface area contributed by atoms with Crippen molar-refractivity contribution in [2.75, 3.05) is 0 Å². The van der Waals surface area contributed by atoms with Crippen molar-refractivity contribution in [2.45, 2.75) is 52.0 Å². The number of carboxylic acids is 1. The molecule has 0 radical (unpaired) electrons. The first-order valence-electron chi connectivity index (χ1n) is 7.56. The van der Waals surface area contributed by atoms with Crippen LogP contribution in [0.5, 0.6) is 0 Å². The zero-order valence-corrected chi connectivity index (χ0v) is 13.1. The third-order valence-corrected chi connectivity index (χ3v) is 3.43. The summed E-state index contributed by atoms with van der Waals surface area (Å²) in [7, 11) is 0. The van der Waals surface area contributed by atoms with Crippen molar-refractivity contribution >= 4 is 17.7 Å². The van der Waals surface area contributed by atoms with Gasteiger partial charge in [-0.25, -0.2) is 4.79 Å². The Morgan fingerprint density at radius 1 is 1.14 bits per heavy atom. The molecule has 0 bridgehead atoms. The van der Waals surface area contributed by atoms with E-state index < -0.39 is 17.9 Å². The van der Waals surface area contributed by atoms with E-state index in [1.807, 2.05) is 26.0 Å². The molecule has 2 N–H and O–H groups in total. The van der Waals surface area contributed by atoms with Crippen molar-refractivity contribution in [3.63, 3.8) is 0 Å². The van der Waals surface area contributed by atoms with E-state index >= 15 is 0 Å². The molecule has 0 spiro atoms. The van der Waals surface area contributed by atoms with Crippen LogP contribution in [0.3, 0.4) is 0 Å². The summed E-state index contributed by atoms with van der Waals surface area (Å²) in [5.74, 6) is -1.55. The Balaban J connectivity index is 2.45. The van der Waals surface area contributed by atoms with Gasteiger partial charge in [-0.1, -0.05) is 49.6 Å². The number of carbonyl (C=O) groups is 3. The average molecular weight is 305 g/mol. The zero-order chi connectivity index (χ0) is 16.5. The summed E-state index contributed by atoms with van der Waals surface area (Å²) in [4.78, 5) is 34.8. The molecular weight excluding hydrogens is 282 g/mol. The molecule has 5 heteroatoms. The number of nitrogens with one attached hydrogen (secondary N) is 1. The molecule has 1 unspecified atom stereocenters. The van der Waals surface area contributed by atoms with E-state index in [1.54, 1.807) is 12.1 Å². The lowest BCUT2D eigenvalue weighted by Crippen LogP contribution is -2.40. The largest absolute Gasteiger partial charge is 0.480 e. The van der Waals surface area contributed by atoms with E-state index in [2.05, 4.69) is 5.32 Å². The maximum absolute atomic E-state index is 12.0. The predicted octanol–water partition coefficient (Wildman–Crippen LogP) is 2.72. The summed E-state index contributed by atoms with van der Waals surface area (Å²) in [6.45, 7) is 3.89. The lowest BCUT2D eigenvalue weighted by atomic mass is 10.0. The minimum absolute atomic E-state index is 0.00259. The zero-order valence-electron chi connectivity index (χ0n) is 13.1. The quantitative estimate of drug-likeness (QED) is 0.687. The van der Waals surface area contributed by atoms with Crippen LogP contribution in [0.25, 0.3) is 0 Å². The van der Waals surface area contributed by atoms with E-state index in [0.29, 0.717) is 12.0 Å². The number of carbonyl (C=O) groups excluding carboxylic acids is 2. The standard InChI is InChI=1S/C17H23NO4/c1-3-4-5-14(17(21)22)18-16(20)11-10-15(19)13-8-6-12(2)7-9-13/h6-9,14H,3-5,10-11H2,1-2H3,(H,18,20)(H,21,22). The highest BCUT2D eigenvalue weighted by molar-refractivity contribution is 5.98. The van der Waals surface area contributed by atoms with Gasteiger partial charge < -0.3 is 10.4 Å². The Labute approximate surface area is 130 Å². The monoisotopic (exact) mass is 305 g/mol. The Bertz CT molecular complexity index is 522. The molecule has 0 aliphatic rings. The van der Waals surface area contributed by atoms with Crippen LogP contribution < -0.4 is 5.32 Å². The lowest BCUT2D eigenvalue weighted by Gasteiger charge is -2.13. The number of aryl methyl sites for hydroxylation is 1. The third-order valence-electron chi connectivity index (χ3n) is 3.43. The van der Waals surface area contributed by atoms with Crippen molar-refractivity contribution in [3.8, 4) is 0 Å². The fourth-order valence-electron chi connectivity index (χ4n) is 2.04. The minimum atomic E-state index is -1.04. The van der Waals surface area contributed by atoms with Crippen LogP contribution in [0.4, 0.5) is 0 Å². The first-order valence-corrected chi connectivity index (χ1v) is 7.56. The highest BCUT2D eigenvalue weighted by atomic mass is 16.4. The molecule has 0 fully saturated rings. The normalized spacial score (nSPS) is 11.7. The maximum Gasteiger partial charge on any atom is 0.326 e. The molecule has 5 nitrogen and oxygen atoms in total. The van der Waals surface area contributed by atoms with E-state index in [4.69, 9.17) is 5.11 Å². The van der Waals surface area contributed by atoms with Crippen LogP contribution >= 0.6 is 0 Å².